The maximum Gasteiger partial charge on any atom is 0.348 e. The molecule has 0 aliphatic heterocycles. The Morgan fingerprint density at radius 2 is 1.38 bits per heavy atom. The van der Waals surface area contributed by atoms with E-state index in [9.17, 15) is 4.79 Å². The van der Waals surface area contributed by atoms with Crippen LogP contribution in [0.5, 0.6) is 11.5 Å². The molecule has 0 spiro atoms. The summed E-state index contributed by atoms with van der Waals surface area (Å²) >= 11 is 0. The molecule has 1 aliphatic carbocycles. The van der Waals surface area contributed by atoms with Gasteiger partial charge in [0.1, 0.15) is 11.5 Å². The van der Waals surface area contributed by atoms with E-state index in [4.69, 9.17) is 14.2 Å². The smallest absolute Gasteiger partial charge is 0.348 e. The van der Waals surface area contributed by atoms with Gasteiger partial charge in [-0.15, -0.1) is 0 Å². The summed E-state index contributed by atoms with van der Waals surface area (Å²) in [7, 11) is 0. The van der Waals surface area contributed by atoms with Crippen LogP contribution < -0.4 is 9.47 Å². The fraction of sp³-hybridized carbons (Fsp3) is 0.488. The molecular formula is C41H54N2O4. The molecule has 0 N–H and O–H groups in total. The molecule has 0 bridgehead atoms. The fourth-order valence-corrected chi connectivity index (χ4v) is 5.79. The minimum Gasteiger partial charge on any atom is -0.494 e. The number of carbonyl (C=O) groups is 1. The van der Waals surface area contributed by atoms with Crippen molar-refractivity contribution in [2.75, 3.05) is 6.61 Å². The number of rotatable bonds is 21. The molecule has 0 amide bonds. The summed E-state index contributed by atoms with van der Waals surface area (Å²) < 4.78 is 18.2. The van der Waals surface area contributed by atoms with Crippen molar-refractivity contribution < 1.29 is 19.0 Å². The van der Waals surface area contributed by atoms with Crippen LogP contribution >= 0.6 is 0 Å². The van der Waals surface area contributed by atoms with Gasteiger partial charge in [-0.3, -0.25) is 0 Å². The lowest BCUT2D eigenvalue weighted by Crippen LogP contribution is -2.36. The maximum atomic E-state index is 13.3. The Balaban J connectivity index is 1.27. The minimum atomic E-state index is -0.899. The van der Waals surface area contributed by atoms with Crippen molar-refractivity contribution in [3.05, 3.63) is 96.4 Å². The van der Waals surface area contributed by atoms with Crippen LogP contribution in [0.25, 0.3) is 11.4 Å². The molecule has 252 valence electrons. The topological polar surface area (TPSA) is 70.5 Å². The average Bonchev–Trinajstić information content (AvgIpc) is 3.10. The zero-order valence-corrected chi connectivity index (χ0v) is 28.8. The van der Waals surface area contributed by atoms with Crippen LogP contribution in [0.2, 0.25) is 0 Å². The number of unbranched alkanes of at least 4 members (excludes halogenated alkanes) is 10. The summed E-state index contributed by atoms with van der Waals surface area (Å²) in [5.74, 6) is 1.65. The Morgan fingerprint density at radius 3 is 2.02 bits per heavy atom. The van der Waals surface area contributed by atoms with Crippen molar-refractivity contribution in [3.8, 4) is 22.9 Å². The molecule has 6 nitrogen and oxygen atoms in total. The molecule has 0 fully saturated rings. The van der Waals surface area contributed by atoms with Crippen LogP contribution in [-0.2, 0) is 21.6 Å². The first-order chi connectivity index (χ1) is 23.0. The van der Waals surface area contributed by atoms with Gasteiger partial charge in [-0.25, -0.2) is 14.8 Å². The van der Waals surface area contributed by atoms with E-state index in [0.29, 0.717) is 24.6 Å². The largest absolute Gasteiger partial charge is 0.494 e. The van der Waals surface area contributed by atoms with Crippen molar-refractivity contribution in [1.29, 1.82) is 0 Å². The molecule has 6 heteroatoms. The Hall–Kier alpha value is -3.93. The highest BCUT2D eigenvalue weighted by Gasteiger charge is 2.36. The first kappa shape index (κ1) is 35.9. The van der Waals surface area contributed by atoms with Gasteiger partial charge in [0.05, 0.1) is 6.61 Å². The second-order valence-corrected chi connectivity index (χ2v) is 12.7. The number of benzene rings is 2. The molecular weight excluding hydrogens is 584 g/mol. The lowest BCUT2D eigenvalue weighted by molar-refractivity contribution is -0.163. The number of hydrogen-bond donors (Lipinski definition) is 0. The Morgan fingerprint density at radius 1 is 0.766 bits per heavy atom. The van der Waals surface area contributed by atoms with Crippen LogP contribution in [0.15, 0.2) is 85.2 Å². The quantitative estimate of drug-likeness (QED) is 0.0854. The lowest BCUT2D eigenvalue weighted by Gasteiger charge is -2.32. The molecule has 0 radical (unpaired) electrons. The second-order valence-electron chi connectivity index (χ2n) is 12.7. The molecule has 1 aliphatic rings. The molecule has 1 aromatic heterocycles. The zero-order chi connectivity index (χ0) is 33.2. The molecule has 2 aromatic carbocycles. The summed E-state index contributed by atoms with van der Waals surface area (Å²) in [5, 5.41) is 0. The van der Waals surface area contributed by atoms with E-state index in [0.717, 1.165) is 29.7 Å². The van der Waals surface area contributed by atoms with E-state index < -0.39 is 17.7 Å². The van der Waals surface area contributed by atoms with Gasteiger partial charge in [-0.2, -0.15) is 0 Å². The van der Waals surface area contributed by atoms with Gasteiger partial charge < -0.3 is 14.2 Å². The van der Waals surface area contributed by atoms with Crippen LogP contribution in [0.1, 0.15) is 115 Å². The maximum absolute atomic E-state index is 13.3. The number of ether oxygens (including phenoxy) is 3. The predicted molar refractivity (Wildman–Crippen MR) is 191 cm³/mol. The summed E-state index contributed by atoms with van der Waals surface area (Å²) in [6, 6.07) is 15.4. The third kappa shape index (κ3) is 11.7. The van der Waals surface area contributed by atoms with Gasteiger partial charge in [-0.1, -0.05) is 108 Å². The average molecular weight is 639 g/mol. The molecule has 1 heterocycles. The van der Waals surface area contributed by atoms with Gasteiger partial charge in [0.25, 0.3) is 0 Å². The number of nitrogens with zero attached hydrogens (tertiary/aromatic N) is 2. The highest BCUT2D eigenvalue weighted by atomic mass is 16.6. The van der Waals surface area contributed by atoms with E-state index in [1.165, 1.54) is 76.2 Å². The molecule has 4 rings (SSSR count). The number of aromatic nitrogens is 2. The van der Waals surface area contributed by atoms with Gasteiger partial charge >= 0.3 is 5.97 Å². The van der Waals surface area contributed by atoms with Crippen LogP contribution in [0.3, 0.4) is 0 Å². The first-order valence-electron chi connectivity index (χ1n) is 17.9. The van der Waals surface area contributed by atoms with Gasteiger partial charge in [0.2, 0.25) is 0 Å². The molecule has 2 atom stereocenters. The van der Waals surface area contributed by atoms with E-state index in [-0.39, 0.29) is 0 Å². The normalized spacial score (nSPS) is 16.1. The standard InChI is InChI=1S/C41H54N2O4/c1-4-6-8-10-12-15-19-34-31-42-39(43-32-34)35-20-24-38(25-21-35)46-33(3)40(44)47-41(28-16-14-17-29-41)36-22-26-37(27-23-36)45-30-18-13-11-9-7-5-2/h14,16-17,20-28,31-33H,4-13,15,18-19,29-30H2,1-3H3/t33-,41?/m1/s1. The van der Waals surface area contributed by atoms with Crippen molar-refractivity contribution in [2.45, 2.75) is 122 Å². The minimum absolute atomic E-state index is 0.429. The van der Waals surface area contributed by atoms with Crippen molar-refractivity contribution in [1.82, 2.24) is 9.97 Å². The number of carbonyl (C=O) groups excluding carboxylic acids is 1. The molecule has 1 unspecified atom stereocenters. The molecule has 0 saturated heterocycles. The van der Waals surface area contributed by atoms with Crippen molar-refractivity contribution >= 4 is 5.97 Å². The Labute approximate surface area is 282 Å². The van der Waals surface area contributed by atoms with E-state index >= 15 is 0 Å². The third-order valence-corrected chi connectivity index (χ3v) is 8.71. The number of hydrogen-bond acceptors (Lipinski definition) is 6. The third-order valence-electron chi connectivity index (χ3n) is 8.71. The summed E-state index contributed by atoms with van der Waals surface area (Å²) in [6.45, 7) is 6.91. The number of esters is 1. The fourth-order valence-electron chi connectivity index (χ4n) is 5.79. The first-order valence-corrected chi connectivity index (χ1v) is 17.9. The van der Waals surface area contributed by atoms with Crippen LogP contribution in [-0.4, -0.2) is 28.6 Å². The highest BCUT2D eigenvalue weighted by molar-refractivity contribution is 5.75. The molecule has 47 heavy (non-hydrogen) atoms. The van der Waals surface area contributed by atoms with Crippen molar-refractivity contribution in [2.24, 2.45) is 0 Å². The second kappa shape index (κ2) is 19.7. The Kier molecular flexibility index (Phi) is 15.0. The predicted octanol–water partition coefficient (Wildman–Crippen LogP) is 10.5. The van der Waals surface area contributed by atoms with Gasteiger partial charge in [-0.05, 0) is 74.2 Å². The van der Waals surface area contributed by atoms with Gasteiger partial charge in [0.15, 0.2) is 17.5 Å². The SMILES string of the molecule is CCCCCCCCOc1ccc(C2(OC(=O)[C@@H](C)Oc3ccc(-c4ncc(CCCCCCCC)cn4)cc3)C=CC=CC2)cc1. The summed E-state index contributed by atoms with van der Waals surface area (Å²) in [4.78, 5) is 22.5. The Bertz CT molecular complexity index is 1380. The van der Waals surface area contributed by atoms with E-state index in [1.54, 1.807) is 6.92 Å². The molecule has 3 aromatic rings. The van der Waals surface area contributed by atoms with Gasteiger partial charge in [0, 0.05) is 29.9 Å². The molecule has 0 saturated carbocycles. The zero-order valence-electron chi connectivity index (χ0n) is 28.8. The van der Waals surface area contributed by atoms with Crippen LogP contribution in [0, 0.1) is 0 Å². The van der Waals surface area contributed by atoms with Crippen molar-refractivity contribution in [3.63, 3.8) is 0 Å². The lowest BCUT2D eigenvalue weighted by atomic mass is 9.87. The van der Waals surface area contributed by atoms with Crippen LogP contribution in [0.4, 0.5) is 0 Å². The van der Waals surface area contributed by atoms with E-state index in [1.807, 2.05) is 85.2 Å². The number of allylic oxidation sites excluding steroid dienone is 2. The number of aryl methyl sites for hydroxylation is 1. The van der Waals surface area contributed by atoms with E-state index in [2.05, 4.69) is 23.8 Å². The summed E-state index contributed by atoms with van der Waals surface area (Å²) in [6.07, 6.45) is 27.5. The monoisotopic (exact) mass is 638 g/mol. The highest BCUT2D eigenvalue weighted by Crippen LogP contribution is 2.36. The summed E-state index contributed by atoms with van der Waals surface area (Å²) in [5.41, 5.74) is 2.07.